The van der Waals surface area contributed by atoms with Crippen molar-refractivity contribution in [3.05, 3.63) is 46.2 Å². The molecule has 25 heavy (non-hydrogen) atoms. The molecular weight excluding hydrogens is 338 g/mol. The number of nitrogens with one attached hydrogen (secondary N) is 1. The first-order valence-electron chi connectivity index (χ1n) is 8.02. The molecule has 2 heterocycles. The van der Waals surface area contributed by atoms with Gasteiger partial charge in [-0.05, 0) is 41.6 Å². The van der Waals surface area contributed by atoms with Gasteiger partial charge < -0.3 is 16.0 Å². The van der Waals surface area contributed by atoms with E-state index in [0.29, 0.717) is 30.0 Å². The number of thiophene rings is 1. The van der Waals surface area contributed by atoms with Crippen molar-refractivity contribution in [3.8, 4) is 11.1 Å². The van der Waals surface area contributed by atoms with Gasteiger partial charge in [-0.15, -0.1) is 11.3 Å². The van der Waals surface area contributed by atoms with E-state index in [1.165, 1.54) is 11.3 Å². The molecule has 0 aliphatic carbocycles. The van der Waals surface area contributed by atoms with Gasteiger partial charge in [0.2, 0.25) is 5.91 Å². The Bertz CT molecular complexity index is 813. The second-order valence-corrected chi connectivity index (χ2v) is 6.95. The lowest BCUT2D eigenvalue weighted by Gasteiger charge is -2.26. The number of benzene rings is 1. The summed E-state index contributed by atoms with van der Waals surface area (Å²) in [5.74, 6) is -0.555. The summed E-state index contributed by atoms with van der Waals surface area (Å²) in [6.07, 6.45) is 0.318. The molecule has 2 aromatic rings. The molecule has 1 atom stereocenters. The minimum atomic E-state index is -0.443. The number of amides is 3. The Kier molecular flexibility index (Phi) is 4.85. The minimum absolute atomic E-state index is 0.0276. The van der Waals surface area contributed by atoms with Gasteiger partial charge in [-0.25, -0.2) is 0 Å². The molecule has 1 fully saturated rings. The first-order chi connectivity index (χ1) is 12.0. The summed E-state index contributed by atoms with van der Waals surface area (Å²) >= 11 is 1.30. The standard InChI is InChI=1S/C18H19N3O3S/c1-11-9-20-16(22)6-7-21(11)18(24)13-4-2-12(3-5-13)14-8-15(17(19)23)25-10-14/h2-5,8,10-11H,6-7,9H2,1H3,(H2,19,23)(H,20,22)/t11-/m1/s1. The molecule has 0 spiro atoms. The average Bonchev–Trinajstić information content (AvgIpc) is 3.04. The zero-order valence-corrected chi connectivity index (χ0v) is 14.6. The normalized spacial score (nSPS) is 17.7. The van der Waals surface area contributed by atoms with E-state index in [4.69, 9.17) is 5.73 Å². The first-order valence-corrected chi connectivity index (χ1v) is 8.90. The number of hydrogen-bond donors (Lipinski definition) is 2. The third-order valence-corrected chi connectivity index (χ3v) is 5.22. The van der Waals surface area contributed by atoms with Crippen LogP contribution in [0.15, 0.2) is 35.7 Å². The fraction of sp³-hybridized carbons (Fsp3) is 0.278. The lowest BCUT2D eigenvalue weighted by molar-refractivity contribution is -0.120. The fourth-order valence-corrected chi connectivity index (χ4v) is 3.56. The average molecular weight is 357 g/mol. The molecule has 1 saturated heterocycles. The Hall–Kier alpha value is -2.67. The Labute approximate surface area is 149 Å². The highest BCUT2D eigenvalue weighted by molar-refractivity contribution is 7.12. The molecule has 1 aromatic heterocycles. The zero-order valence-electron chi connectivity index (χ0n) is 13.8. The highest BCUT2D eigenvalue weighted by atomic mass is 32.1. The number of hydrogen-bond acceptors (Lipinski definition) is 4. The van der Waals surface area contributed by atoms with Crippen LogP contribution in [-0.4, -0.2) is 41.8 Å². The third kappa shape index (κ3) is 3.71. The maximum absolute atomic E-state index is 12.7. The van der Waals surface area contributed by atoms with Crippen LogP contribution in [-0.2, 0) is 4.79 Å². The summed E-state index contributed by atoms with van der Waals surface area (Å²) in [4.78, 5) is 37.7. The van der Waals surface area contributed by atoms with Crippen molar-refractivity contribution in [2.45, 2.75) is 19.4 Å². The van der Waals surface area contributed by atoms with Gasteiger partial charge in [0.1, 0.15) is 0 Å². The molecule has 130 valence electrons. The SMILES string of the molecule is C[C@@H]1CNC(=O)CCN1C(=O)c1ccc(-c2csc(C(N)=O)c2)cc1. The maximum atomic E-state index is 12.7. The molecule has 1 aliphatic rings. The molecule has 3 rings (SSSR count). The van der Waals surface area contributed by atoms with E-state index in [1.807, 2.05) is 24.4 Å². The molecule has 1 aromatic carbocycles. The van der Waals surface area contributed by atoms with Crippen LogP contribution in [0.5, 0.6) is 0 Å². The van der Waals surface area contributed by atoms with Crippen LogP contribution in [0.3, 0.4) is 0 Å². The Morgan fingerprint density at radius 2 is 1.96 bits per heavy atom. The zero-order chi connectivity index (χ0) is 18.0. The van der Waals surface area contributed by atoms with Gasteiger partial charge in [-0.1, -0.05) is 12.1 Å². The summed E-state index contributed by atoms with van der Waals surface area (Å²) in [5, 5.41) is 4.67. The molecule has 1 aliphatic heterocycles. The summed E-state index contributed by atoms with van der Waals surface area (Å²) in [5.41, 5.74) is 7.67. The molecular formula is C18H19N3O3S. The predicted octanol–water partition coefficient (Wildman–Crippen LogP) is 1.86. The van der Waals surface area contributed by atoms with Crippen LogP contribution < -0.4 is 11.1 Å². The van der Waals surface area contributed by atoms with Crippen molar-refractivity contribution < 1.29 is 14.4 Å². The number of primary amides is 1. The van der Waals surface area contributed by atoms with Gasteiger partial charge in [-0.3, -0.25) is 14.4 Å². The number of carbonyl (C=O) groups excluding carboxylic acids is 3. The summed E-state index contributed by atoms with van der Waals surface area (Å²) in [7, 11) is 0. The van der Waals surface area contributed by atoms with E-state index in [2.05, 4.69) is 5.32 Å². The molecule has 0 saturated carbocycles. The number of rotatable bonds is 3. The van der Waals surface area contributed by atoms with Gasteiger partial charge >= 0.3 is 0 Å². The van der Waals surface area contributed by atoms with Crippen LogP contribution in [0, 0.1) is 0 Å². The maximum Gasteiger partial charge on any atom is 0.258 e. The number of carbonyl (C=O) groups is 3. The van der Waals surface area contributed by atoms with Crippen molar-refractivity contribution in [1.29, 1.82) is 0 Å². The fourth-order valence-electron chi connectivity index (χ4n) is 2.79. The van der Waals surface area contributed by atoms with E-state index in [-0.39, 0.29) is 17.9 Å². The monoisotopic (exact) mass is 357 g/mol. The molecule has 7 heteroatoms. The van der Waals surface area contributed by atoms with Gasteiger partial charge in [0, 0.05) is 31.1 Å². The molecule has 0 unspecified atom stereocenters. The van der Waals surface area contributed by atoms with E-state index in [1.54, 1.807) is 23.1 Å². The van der Waals surface area contributed by atoms with Crippen molar-refractivity contribution in [1.82, 2.24) is 10.2 Å². The minimum Gasteiger partial charge on any atom is -0.365 e. The van der Waals surface area contributed by atoms with E-state index in [0.717, 1.165) is 11.1 Å². The molecule has 3 N–H and O–H groups in total. The van der Waals surface area contributed by atoms with Gasteiger partial charge in [0.05, 0.1) is 4.88 Å². The van der Waals surface area contributed by atoms with Crippen LogP contribution in [0.4, 0.5) is 0 Å². The highest BCUT2D eigenvalue weighted by Gasteiger charge is 2.25. The largest absolute Gasteiger partial charge is 0.365 e. The molecule has 6 nitrogen and oxygen atoms in total. The van der Waals surface area contributed by atoms with Crippen LogP contribution in [0.2, 0.25) is 0 Å². The van der Waals surface area contributed by atoms with Gasteiger partial charge in [0.25, 0.3) is 11.8 Å². The van der Waals surface area contributed by atoms with E-state index < -0.39 is 5.91 Å². The smallest absolute Gasteiger partial charge is 0.258 e. The Balaban J connectivity index is 1.78. The van der Waals surface area contributed by atoms with Crippen molar-refractivity contribution in [3.63, 3.8) is 0 Å². The van der Waals surface area contributed by atoms with Crippen LogP contribution >= 0.6 is 11.3 Å². The molecule has 0 bridgehead atoms. The van der Waals surface area contributed by atoms with Crippen molar-refractivity contribution in [2.24, 2.45) is 5.73 Å². The molecule has 0 radical (unpaired) electrons. The Morgan fingerprint density at radius 1 is 1.24 bits per heavy atom. The van der Waals surface area contributed by atoms with E-state index in [9.17, 15) is 14.4 Å². The number of nitrogens with zero attached hydrogens (tertiary/aromatic N) is 1. The van der Waals surface area contributed by atoms with Crippen LogP contribution in [0.25, 0.3) is 11.1 Å². The van der Waals surface area contributed by atoms with Crippen molar-refractivity contribution in [2.75, 3.05) is 13.1 Å². The third-order valence-electron chi connectivity index (χ3n) is 4.27. The lowest BCUT2D eigenvalue weighted by atomic mass is 10.1. The quantitative estimate of drug-likeness (QED) is 0.878. The van der Waals surface area contributed by atoms with Gasteiger partial charge in [-0.2, -0.15) is 0 Å². The predicted molar refractivity (Wildman–Crippen MR) is 96.4 cm³/mol. The van der Waals surface area contributed by atoms with Crippen molar-refractivity contribution >= 4 is 29.1 Å². The van der Waals surface area contributed by atoms with Crippen LogP contribution in [0.1, 0.15) is 33.4 Å². The summed E-state index contributed by atoms with van der Waals surface area (Å²) in [6.45, 7) is 2.81. The van der Waals surface area contributed by atoms with Gasteiger partial charge in [0.15, 0.2) is 0 Å². The second kappa shape index (κ2) is 7.06. The summed E-state index contributed by atoms with van der Waals surface area (Å²) < 4.78 is 0. The Morgan fingerprint density at radius 3 is 2.60 bits per heavy atom. The first kappa shape index (κ1) is 17.2. The summed E-state index contributed by atoms with van der Waals surface area (Å²) in [6, 6.07) is 8.95. The topological polar surface area (TPSA) is 92.5 Å². The second-order valence-electron chi connectivity index (χ2n) is 6.04. The van der Waals surface area contributed by atoms with E-state index >= 15 is 0 Å². The number of nitrogens with two attached hydrogens (primary N) is 1. The highest BCUT2D eigenvalue weighted by Crippen LogP contribution is 2.26. The lowest BCUT2D eigenvalue weighted by Crippen LogP contribution is -2.41. The molecule has 3 amide bonds.